The Morgan fingerprint density at radius 2 is 1.63 bits per heavy atom. The van der Waals surface area contributed by atoms with Crippen molar-refractivity contribution in [3.8, 4) is 5.75 Å². The molecule has 0 radical (unpaired) electrons. The van der Waals surface area contributed by atoms with Gasteiger partial charge in [-0.05, 0) is 54.8 Å². The zero-order chi connectivity index (χ0) is 18.6. The van der Waals surface area contributed by atoms with E-state index in [0.29, 0.717) is 36.6 Å². The zero-order valence-electron chi connectivity index (χ0n) is 14.6. The fraction of sp³-hybridized carbons (Fsp3) is 0.300. The van der Waals surface area contributed by atoms with Gasteiger partial charge in [-0.25, -0.2) is 8.78 Å². The first-order chi connectivity index (χ1) is 13.2. The second-order valence-electron chi connectivity index (χ2n) is 6.61. The van der Waals surface area contributed by atoms with Crippen molar-refractivity contribution in [2.45, 2.75) is 38.6 Å². The Kier molecular flexibility index (Phi) is 5.11. The van der Waals surface area contributed by atoms with Crippen LogP contribution in [0.4, 0.5) is 8.78 Å². The Morgan fingerprint density at radius 3 is 2.30 bits per heavy atom. The molecule has 4 rings (SSSR count). The van der Waals surface area contributed by atoms with E-state index in [1.165, 1.54) is 24.3 Å². The quantitative estimate of drug-likeness (QED) is 0.597. The normalized spacial score (nSPS) is 13.9. The van der Waals surface area contributed by atoms with Crippen molar-refractivity contribution in [3.63, 3.8) is 0 Å². The molecule has 5 nitrogen and oxygen atoms in total. The van der Waals surface area contributed by atoms with Crippen LogP contribution in [-0.4, -0.2) is 21.1 Å². The number of hydrogen-bond acceptors (Lipinski definition) is 5. The molecule has 1 saturated carbocycles. The van der Waals surface area contributed by atoms with Crippen molar-refractivity contribution in [1.82, 2.24) is 15.0 Å². The summed E-state index contributed by atoms with van der Waals surface area (Å²) in [4.78, 5) is 6.63. The van der Waals surface area contributed by atoms with E-state index in [0.717, 1.165) is 18.4 Å². The van der Waals surface area contributed by atoms with Crippen LogP contribution in [0.3, 0.4) is 0 Å². The van der Waals surface area contributed by atoms with Crippen LogP contribution in [0.25, 0.3) is 0 Å². The highest BCUT2D eigenvalue weighted by molar-refractivity contribution is 5.22. The summed E-state index contributed by atoms with van der Waals surface area (Å²) < 4.78 is 36.9. The third-order valence-electron chi connectivity index (χ3n) is 4.39. The largest absolute Gasteiger partial charge is 0.485 e. The molecule has 2 aromatic carbocycles. The molecule has 1 aromatic heterocycles. The van der Waals surface area contributed by atoms with Crippen LogP contribution in [0.5, 0.6) is 5.75 Å². The fourth-order valence-electron chi connectivity index (χ4n) is 2.84. The van der Waals surface area contributed by atoms with Crippen molar-refractivity contribution in [3.05, 3.63) is 77.4 Å². The van der Waals surface area contributed by atoms with Crippen LogP contribution in [0.15, 0.2) is 53.1 Å². The fourth-order valence-corrected chi connectivity index (χ4v) is 2.84. The van der Waals surface area contributed by atoms with Gasteiger partial charge in [-0.3, -0.25) is 4.90 Å². The SMILES string of the molecule is Fc1ccc(CN(Cc2nc(COc3ccc(F)cc3)no2)C2CC2)cc1. The lowest BCUT2D eigenvalue weighted by molar-refractivity contribution is 0.209. The van der Waals surface area contributed by atoms with Crippen LogP contribution in [0.2, 0.25) is 0 Å². The Hall–Kier alpha value is -2.80. The van der Waals surface area contributed by atoms with Gasteiger partial charge in [0.15, 0.2) is 6.61 Å². The molecule has 0 atom stereocenters. The predicted octanol–water partition coefficient (Wildman–Crippen LogP) is 4.09. The summed E-state index contributed by atoms with van der Waals surface area (Å²) in [6.45, 7) is 1.39. The summed E-state index contributed by atoms with van der Waals surface area (Å²) in [6.07, 6.45) is 2.27. The van der Waals surface area contributed by atoms with E-state index in [2.05, 4.69) is 15.0 Å². The van der Waals surface area contributed by atoms with E-state index in [1.807, 2.05) is 0 Å². The zero-order valence-corrected chi connectivity index (χ0v) is 14.6. The van der Waals surface area contributed by atoms with Gasteiger partial charge in [0.1, 0.15) is 17.4 Å². The number of ether oxygens (including phenoxy) is 1. The molecule has 1 aliphatic carbocycles. The number of benzene rings is 2. The lowest BCUT2D eigenvalue weighted by Gasteiger charge is -2.19. The first-order valence-electron chi connectivity index (χ1n) is 8.84. The number of halogens is 2. The van der Waals surface area contributed by atoms with Gasteiger partial charge in [-0.15, -0.1) is 0 Å². The summed E-state index contributed by atoms with van der Waals surface area (Å²) in [6, 6.07) is 12.8. The maximum Gasteiger partial charge on any atom is 0.240 e. The first kappa shape index (κ1) is 17.6. The molecule has 0 spiro atoms. The number of hydrogen-bond donors (Lipinski definition) is 0. The molecule has 7 heteroatoms. The van der Waals surface area contributed by atoms with Gasteiger partial charge in [-0.1, -0.05) is 17.3 Å². The van der Waals surface area contributed by atoms with Gasteiger partial charge in [0.2, 0.25) is 11.7 Å². The van der Waals surface area contributed by atoms with Crippen LogP contribution in [0, 0.1) is 11.6 Å². The molecule has 3 aromatic rings. The average Bonchev–Trinajstić information content (AvgIpc) is 3.43. The van der Waals surface area contributed by atoms with Crippen LogP contribution < -0.4 is 4.74 Å². The number of nitrogens with zero attached hydrogens (tertiary/aromatic N) is 3. The maximum atomic E-state index is 13.1. The molecule has 0 amide bonds. The third-order valence-corrected chi connectivity index (χ3v) is 4.39. The maximum absolute atomic E-state index is 13.1. The van der Waals surface area contributed by atoms with E-state index in [4.69, 9.17) is 9.26 Å². The second-order valence-corrected chi connectivity index (χ2v) is 6.61. The average molecular weight is 371 g/mol. The highest BCUT2D eigenvalue weighted by atomic mass is 19.1. The van der Waals surface area contributed by atoms with Crippen LogP contribution in [0.1, 0.15) is 30.1 Å². The van der Waals surface area contributed by atoms with Gasteiger partial charge in [0, 0.05) is 12.6 Å². The van der Waals surface area contributed by atoms with Gasteiger partial charge in [-0.2, -0.15) is 4.98 Å². The molecule has 1 fully saturated rings. The smallest absolute Gasteiger partial charge is 0.240 e. The molecule has 140 valence electrons. The van der Waals surface area contributed by atoms with E-state index in [9.17, 15) is 8.78 Å². The van der Waals surface area contributed by atoms with Gasteiger partial charge in [0.25, 0.3) is 0 Å². The topological polar surface area (TPSA) is 51.4 Å². The summed E-state index contributed by atoms with van der Waals surface area (Å²) in [5, 5.41) is 3.94. The van der Waals surface area contributed by atoms with Crippen molar-refractivity contribution in [2.24, 2.45) is 0 Å². The monoisotopic (exact) mass is 371 g/mol. The second kappa shape index (κ2) is 7.84. The van der Waals surface area contributed by atoms with Crippen molar-refractivity contribution >= 4 is 0 Å². The molecular formula is C20H19F2N3O2. The molecule has 1 aliphatic rings. The highest BCUT2D eigenvalue weighted by Crippen LogP contribution is 2.29. The summed E-state index contributed by atoms with van der Waals surface area (Å²) in [5.41, 5.74) is 1.04. The Balaban J connectivity index is 1.35. The molecular weight excluding hydrogens is 352 g/mol. The van der Waals surface area contributed by atoms with E-state index < -0.39 is 0 Å². The summed E-state index contributed by atoms with van der Waals surface area (Å²) >= 11 is 0. The molecule has 0 saturated heterocycles. The van der Waals surface area contributed by atoms with E-state index >= 15 is 0 Å². The number of rotatable bonds is 8. The molecule has 0 bridgehead atoms. The van der Waals surface area contributed by atoms with Gasteiger partial charge >= 0.3 is 0 Å². The van der Waals surface area contributed by atoms with Crippen molar-refractivity contribution in [1.29, 1.82) is 0 Å². The van der Waals surface area contributed by atoms with Gasteiger partial charge in [0.05, 0.1) is 6.54 Å². The molecule has 1 heterocycles. The molecule has 0 unspecified atom stereocenters. The summed E-state index contributed by atoms with van der Waals surface area (Å²) in [7, 11) is 0. The first-order valence-corrected chi connectivity index (χ1v) is 8.84. The Bertz CT molecular complexity index is 877. The minimum Gasteiger partial charge on any atom is -0.485 e. The van der Waals surface area contributed by atoms with Crippen molar-refractivity contribution < 1.29 is 18.0 Å². The minimum absolute atomic E-state index is 0.149. The van der Waals surface area contributed by atoms with Gasteiger partial charge < -0.3 is 9.26 Å². The molecule has 0 N–H and O–H groups in total. The molecule has 27 heavy (non-hydrogen) atoms. The molecule has 0 aliphatic heterocycles. The van der Waals surface area contributed by atoms with E-state index in [-0.39, 0.29) is 18.2 Å². The highest BCUT2D eigenvalue weighted by Gasteiger charge is 2.30. The Morgan fingerprint density at radius 1 is 0.963 bits per heavy atom. The predicted molar refractivity (Wildman–Crippen MR) is 93.7 cm³/mol. The van der Waals surface area contributed by atoms with Crippen LogP contribution in [-0.2, 0) is 19.7 Å². The lowest BCUT2D eigenvalue weighted by Crippen LogP contribution is -2.25. The minimum atomic E-state index is -0.314. The van der Waals surface area contributed by atoms with Crippen LogP contribution >= 0.6 is 0 Å². The van der Waals surface area contributed by atoms with E-state index in [1.54, 1.807) is 24.3 Å². The summed E-state index contributed by atoms with van der Waals surface area (Å²) in [5.74, 6) is 0.942. The van der Waals surface area contributed by atoms with Crippen molar-refractivity contribution in [2.75, 3.05) is 0 Å². The standard InChI is InChI=1S/C20H19F2N3O2/c21-15-3-1-14(2-4-15)11-25(17-7-8-17)12-20-23-19(24-27-20)13-26-18-9-5-16(22)6-10-18/h1-6,9-10,17H,7-8,11-13H2. The number of aromatic nitrogens is 2. The third kappa shape index (κ3) is 4.89. The lowest BCUT2D eigenvalue weighted by atomic mass is 10.2. The Labute approximate surface area is 155 Å².